The predicted molar refractivity (Wildman–Crippen MR) is 116 cm³/mol. The van der Waals surface area contributed by atoms with Crippen molar-refractivity contribution in [2.24, 2.45) is 5.92 Å². The van der Waals surface area contributed by atoms with Gasteiger partial charge in [0.15, 0.2) is 0 Å². The van der Waals surface area contributed by atoms with Gasteiger partial charge in [-0.3, -0.25) is 14.9 Å². The molecule has 0 bridgehead atoms. The minimum absolute atomic E-state index is 0.0158. The Morgan fingerprint density at radius 1 is 1.00 bits per heavy atom. The summed E-state index contributed by atoms with van der Waals surface area (Å²) >= 11 is 0. The van der Waals surface area contributed by atoms with Crippen molar-refractivity contribution in [1.29, 1.82) is 0 Å². The lowest BCUT2D eigenvalue weighted by Crippen LogP contribution is -2.47. The molecule has 0 spiro atoms. The van der Waals surface area contributed by atoms with E-state index < -0.39 is 6.04 Å². The SMILES string of the molecule is CC(C)C(NC(=O)c1ccc(C(C)(C)C)cc1)C(=O)Nc1nc2ccccc2[nH]1. The van der Waals surface area contributed by atoms with Crippen LogP contribution in [0.3, 0.4) is 0 Å². The first-order valence-corrected chi connectivity index (χ1v) is 9.82. The highest BCUT2D eigenvalue weighted by Crippen LogP contribution is 2.22. The molecule has 0 radical (unpaired) electrons. The molecule has 0 aliphatic carbocycles. The summed E-state index contributed by atoms with van der Waals surface area (Å²) in [5.41, 5.74) is 3.30. The fourth-order valence-corrected chi connectivity index (χ4v) is 3.09. The highest BCUT2D eigenvalue weighted by Gasteiger charge is 2.26. The van der Waals surface area contributed by atoms with Crippen LogP contribution in [-0.2, 0) is 10.2 Å². The van der Waals surface area contributed by atoms with Gasteiger partial charge in [0.2, 0.25) is 11.9 Å². The second-order valence-corrected chi connectivity index (χ2v) is 8.61. The van der Waals surface area contributed by atoms with E-state index in [9.17, 15) is 9.59 Å². The molecule has 0 aliphatic rings. The van der Waals surface area contributed by atoms with Gasteiger partial charge >= 0.3 is 0 Å². The van der Waals surface area contributed by atoms with Crippen molar-refractivity contribution in [1.82, 2.24) is 15.3 Å². The van der Waals surface area contributed by atoms with Crippen molar-refractivity contribution >= 4 is 28.8 Å². The van der Waals surface area contributed by atoms with Crippen LogP contribution in [0.4, 0.5) is 5.95 Å². The van der Waals surface area contributed by atoms with Gasteiger partial charge in [0.05, 0.1) is 11.0 Å². The van der Waals surface area contributed by atoms with Gasteiger partial charge in [-0.2, -0.15) is 0 Å². The molecule has 3 N–H and O–H groups in total. The average molecular weight is 393 g/mol. The number of nitrogens with zero attached hydrogens (tertiary/aromatic N) is 1. The molecule has 3 aromatic rings. The van der Waals surface area contributed by atoms with Crippen molar-refractivity contribution < 1.29 is 9.59 Å². The van der Waals surface area contributed by atoms with Crippen LogP contribution in [0.1, 0.15) is 50.5 Å². The minimum Gasteiger partial charge on any atom is -0.340 e. The van der Waals surface area contributed by atoms with E-state index >= 15 is 0 Å². The fourth-order valence-electron chi connectivity index (χ4n) is 3.09. The van der Waals surface area contributed by atoms with E-state index in [-0.39, 0.29) is 23.1 Å². The summed E-state index contributed by atoms with van der Waals surface area (Å²) in [4.78, 5) is 32.9. The summed E-state index contributed by atoms with van der Waals surface area (Å²) in [5, 5.41) is 5.63. The van der Waals surface area contributed by atoms with E-state index in [2.05, 4.69) is 41.4 Å². The number of amides is 2. The molecule has 1 atom stereocenters. The molecule has 3 rings (SSSR count). The zero-order chi connectivity index (χ0) is 21.2. The number of fused-ring (bicyclic) bond motifs is 1. The maximum absolute atomic E-state index is 12.8. The van der Waals surface area contributed by atoms with Crippen LogP contribution < -0.4 is 10.6 Å². The van der Waals surface area contributed by atoms with Crippen molar-refractivity contribution in [3.8, 4) is 0 Å². The van der Waals surface area contributed by atoms with Crippen molar-refractivity contribution in [3.63, 3.8) is 0 Å². The standard InChI is InChI=1S/C23H28N4O2/c1-14(2)19(21(29)27-22-24-17-8-6-7-9-18(17)25-22)26-20(28)15-10-12-16(13-11-15)23(3,4)5/h6-14,19H,1-5H3,(H,26,28)(H2,24,25,27,29). The molecular formula is C23H28N4O2. The van der Waals surface area contributed by atoms with Crippen molar-refractivity contribution in [3.05, 3.63) is 59.7 Å². The van der Waals surface area contributed by atoms with Gasteiger partial charge in [-0.05, 0) is 41.2 Å². The van der Waals surface area contributed by atoms with Crippen molar-refractivity contribution in [2.45, 2.75) is 46.1 Å². The molecule has 0 saturated carbocycles. The number of hydrogen-bond donors (Lipinski definition) is 3. The molecule has 6 heteroatoms. The Kier molecular flexibility index (Phi) is 5.73. The number of hydrogen-bond acceptors (Lipinski definition) is 3. The molecule has 1 unspecified atom stereocenters. The summed E-state index contributed by atoms with van der Waals surface area (Å²) in [6.07, 6.45) is 0. The van der Waals surface area contributed by atoms with Gasteiger partial charge in [-0.1, -0.05) is 58.9 Å². The maximum atomic E-state index is 12.8. The topological polar surface area (TPSA) is 86.9 Å². The van der Waals surface area contributed by atoms with Gasteiger partial charge in [0, 0.05) is 5.56 Å². The van der Waals surface area contributed by atoms with Gasteiger partial charge < -0.3 is 10.3 Å². The van der Waals surface area contributed by atoms with Gasteiger partial charge in [-0.25, -0.2) is 4.98 Å². The van der Waals surface area contributed by atoms with Crippen LogP contribution in [0.25, 0.3) is 11.0 Å². The first-order chi connectivity index (χ1) is 13.6. The number of benzene rings is 2. The number of aromatic amines is 1. The minimum atomic E-state index is -0.682. The quantitative estimate of drug-likeness (QED) is 0.606. The molecule has 1 heterocycles. The average Bonchev–Trinajstić information content (AvgIpc) is 3.07. The fraction of sp³-hybridized carbons (Fsp3) is 0.348. The van der Waals surface area contributed by atoms with E-state index in [0.717, 1.165) is 16.6 Å². The highest BCUT2D eigenvalue weighted by molar-refractivity contribution is 6.01. The highest BCUT2D eigenvalue weighted by atomic mass is 16.2. The first-order valence-electron chi connectivity index (χ1n) is 9.82. The van der Waals surface area contributed by atoms with Crippen LogP contribution in [-0.4, -0.2) is 27.8 Å². The van der Waals surface area contributed by atoms with Gasteiger partial charge in [-0.15, -0.1) is 0 Å². The summed E-state index contributed by atoms with van der Waals surface area (Å²) in [5.74, 6) is -0.301. The Hall–Kier alpha value is -3.15. The Morgan fingerprint density at radius 3 is 2.24 bits per heavy atom. The number of rotatable bonds is 5. The third-order valence-corrected chi connectivity index (χ3v) is 4.88. The molecule has 152 valence electrons. The largest absolute Gasteiger partial charge is 0.340 e. The smallest absolute Gasteiger partial charge is 0.251 e. The zero-order valence-corrected chi connectivity index (χ0v) is 17.5. The lowest BCUT2D eigenvalue weighted by molar-refractivity contribution is -0.118. The molecule has 1 aromatic heterocycles. The molecule has 0 fully saturated rings. The second kappa shape index (κ2) is 8.07. The molecule has 0 saturated heterocycles. The summed E-state index contributed by atoms with van der Waals surface area (Å²) in [6, 6.07) is 14.4. The normalized spacial score (nSPS) is 12.8. The summed E-state index contributed by atoms with van der Waals surface area (Å²) in [7, 11) is 0. The van der Waals surface area contributed by atoms with Crippen LogP contribution in [0.2, 0.25) is 0 Å². The van der Waals surface area contributed by atoms with E-state index in [4.69, 9.17) is 0 Å². The number of anilines is 1. The summed E-state index contributed by atoms with van der Waals surface area (Å²) in [6.45, 7) is 10.2. The molecule has 29 heavy (non-hydrogen) atoms. The predicted octanol–water partition coefficient (Wildman–Crippen LogP) is 4.25. The number of carbonyl (C=O) groups excluding carboxylic acids is 2. The van der Waals surface area contributed by atoms with Crippen LogP contribution in [0, 0.1) is 5.92 Å². The van der Waals surface area contributed by atoms with Crippen LogP contribution in [0.5, 0.6) is 0 Å². The number of imidazole rings is 1. The lowest BCUT2D eigenvalue weighted by atomic mass is 9.86. The maximum Gasteiger partial charge on any atom is 0.251 e. The Labute approximate surface area is 171 Å². The van der Waals surface area contributed by atoms with Crippen molar-refractivity contribution in [2.75, 3.05) is 5.32 Å². The molecule has 6 nitrogen and oxygen atoms in total. The van der Waals surface area contributed by atoms with E-state index in [1.54, 1.807) is 12.1 Å². The Bertz CT molecular complexity index is 980. The van der Waals surface area contributed by atoms with E-state index in [1.165, 1.54) is 0 Å². The number of H-pyrrole nitrogens is 1. The Balaban J connectivity index is 1.71. The van der Waals surface area contributed by atoms with Gasteiger partial charge in [0.1, 0.15) is 6.04 Å². The number of aromatic nitrogens is 2. The monoisotopic (exact) mass is 392 g/mol. The number of carbonyl (C=O) groups is 2. The zero-order valence-electron chi connectivity index (χ0n) is 17.5. The second-order valence-electron chi connectivity index (χ2n) is 8.61. The van der Waals surface area contributed by atoms with Crippen LogP contribution >= 0.6 is 0 Å². The Morgan fingerprint density at radius 2 is 1.66 bits per heavy atom. The molecule has 2 aromatic carbocycles. The third-order valence-electron chi connectivity index (χ3n) is 4.88. The van der Waals surface area contributed by atoms with Gasteiger partial charge in [0.25, 0.3) is 5.91 Å². The van der Waals surface area contributed by atoms with Crippen LogP contribution in [0.15, 0.2) is 48.5 Å². The molecule has 2 amide bonds. The van der Waals surface area contributed by atoms with E-state index in [1.807, 2.05) is 50.2 Å². The molecule has 0 aliphatic heterocycles. The molecular weight excluding hydrogens is 364 g/mol. The lowest BCUT2D eigenvalue weighted by Gasteiger charge is -2.22. The summed E-state index contributed by atoms with van der Waals surface area (Å²) < 4.78 is 0. The van der Waals surface area contributed by atoms with E-state index in [0.29, 0.717) is 11.5 Å². The number of nitrogens with one attached hydrogen (secondary N) is 3. The number of para-hydroxylation sites is 2. The third kappa shape index (κ3) is 4.83. The first kappa shape index (κ1) is 20.6.